The fourth-order valence-electron chi connectivity index (χ4n) is 3.89. The normalized spacial score (nSPS) is 16.8. The predicted octanol–water partition coefficient (Wildman–Crippen LogP) is 3.88. The van der Waals surface area contributed by atoms with Gasteiger partial charge in [-0.25, -0.2) is 13.1 Å². The fraction of sp³-hybridized carbons (Fsp3) is 0.409. The van der Waals surface area contributed by atoms with Crippen molar-refractivity contribution < 1.29 is 8.42 Å². The Labute approximate surface area is 181 Å². The molecule has 1 aliphatic rings. The second-order valence-corrected chi connectivity index (χ2v) is 10.9. The molecule has 0 amide bonds. The number of nitrogens with zero attached hydrogens (tertiary/aromatic N) is 2. The van der Waals surface area contributed by atoms with Crippen molar-refractivity contribution in [1.29, 1.82) is 0 Å². The van der Waals surface area contributed by atoms with Gasteiger partial charge < -0.3 is 9.47 Å². The van der Waals surface area contributed by atoms with Crippen LogP contribution in [-0.2, 0) is 17.1 Å². The van der Waals surface area contributed by atoms with Crippen LogP contribution in [0.15, 0.2) is 52.2 Å². The van der Waals surface area contributed by atoms with E-state index in [4.69, 9.17) is 0 Å². The Morgan fingerprint density at radius 2 is 1.77 bits per heavy atom. The molecule has 4 rings (SSSR count). The summed E-state index contributed by atoms with van der Waals surface area (Å²) in [5.41, 5.74) is 2.84. The second kappa shape index (κ2) is 8.17. The number of aryl methyl sites for hydroxylation is 1. The third-order valence-corrected chi connectivity index (χ3v) is 8.48. The summed E-state index contributed by atoms with van der Waals surface area (Å²) >= 11 is 1.05. The van der Waals surface area contributed by atoms with Crippen LogP contribution in [0.5, 0.6) is 0 Å². The lowest BCUT2D eigenvalue weighted by molar-refractivity contribution is 0.438. The number of aromatic nitrogens is 1. The van der Waals surface area contributed by atoms with E-state index < -0.39 is 10.0 Å². The third kappa shape index (κ3) is 4.17. The van der Waals surface area contributed by atoms with Crippen LogP contribution >= 0.6 is 11.3 Å². The highest BCUT2D eigenvalue weighted by atomic mass is 32.2. The van der Waals surface area contributed by atoms with E-state index in [9.17, 15) is 13.2 Å². The number of benzene rings is 2. The predicted molar refractivity (Wildman–Crippen MR) is 123 cm³/mol. The van der Waals surface area contributed by atoms with Crippen LogP contribution in [-0.4, -0.2) is 26.1 Å². The third-order valence-electron chi connectivity index (χ3n) is 5.95. The molecule has 8 heteroatoms. The number of sulfonamides is 1. The van der Waals surface area contributed by atoms with Gasteiger partial charge in [-0.2, -0.15) is 0 Å². The average molecular weight is 446 g/mol. The van der Waals surface area contributed by atoms with Crippen LogP contribution in [0.2, 0.25) is 0 Å². The number of rotatable bonds is 5. The van der Waals surface area contributed by atoms with Gasteiger partial charge in [-0.1, -0.05) is 30.4 Å². The molecule has 0 unspecified atom stereocenters. The van der Waals surface area contributed by atoms with E-state index in [0.717, 1.165) is 41.4 Å². The van der Waals surface area contributed by atoms with Crippen LogP contribution in [0.25, 0.3) is 10.2 Å². The summed E-state index contributed by atoms with van der Waals surface area (Å²) in [4.78, 5) is 14.3. The molecule has 0 radical (unpaired) electrons. The summed E-state index contributed by atoms with van der Waals surface area (Å²) < 4.78 is 30.7. The minimum atomic E-state index is -3.70. The molecule has 0 aliphatic carbocycles. The number of anilines is 1. The molecule has 1 aliphatic heterocycles. The van der Waals surface area contributed by atoms with Gasteiger partial charge in [0, 0.05) is 31.9 Å². The Kier molecular flexibility index (Phi) is 5.74. The average Bonchev–Trinajstić information content (AvgIpc) is 3.01. The van der Waals surface area contributed by atoms with Gasteiger partial charge in [-0.3, -0.25) is 4.79 Å². The lowest BCUT2D eigenvalue weighted by Crippen LogP contribution is -2.32. The van der Waals surface area contributed by atoms with Gasteiger partial charge in [0.15, 0.2) is 0 Å². The van der Waals surface area contributed by atoms with E-state index in [-0.39, 0.29) is 15.8 Å². The lowest BCUT2D eigenvalue weighted by atomic mass is 9.98. The lowest BCUT2D eigenvalue weighted by Gasteiger charge is -2.32. The van der Waals surface area contributed by atoms with Crippen LogP contribution in [0.4, 0.5) is 5.69 Å². The number of piperidine rings is 1. The molecule has 1 N–H and O–H groups in total. The molecule has 160 valence electrons. The summed E-state index contributed by atoms with van der Waals surface area (Å²) in [5.74, 6) is 0.783. The zero-order chi connectivity index (χ0) is 21.5. The fourth-order valence-corrected chi connectivity index (χ4v) is 6.14. The van der Waals surface area contributed by atoms with E-state index in [1.54, 1.807) is 25.2 Å². The number of nitrogens with one attached hydrogen (secondary N) is 1. The van der Waals surface area contributed by atoms with Gasteiger partial charge in [0.1, 0.15) is 0 Å². The van der Waals surface area contributed by atoms with E-state index in [1.165, 1.54) is 23.1 Å². The smallest absolute Gasteiger partial charge is 0.307 e. The molecule has 3 aromatic rings. The zero-order valence-corrected chi connectivity index (χ0v) is 19.1. The summed E-state index contributed by atoms with van der Waals surface area (Å²) in [5, 5.41) is 0. The van der Waals surface area contributed by atoms with Crippen LogP contribution in [0, 0.1) is 5.92 Å². The molecular formula is C22H27N3O3S2. The first-order chi connectivity index (χ1) is 14.2. The van der Waals surface area contributed by atoms with Crippen molar-refractivity contribution in [2.45, 2.75) is 37.6 Å². The molecule has 1 fully saturated rings. The first-order valence-electron chi connectivity index (χ1n) is 10.2. The van der Waals surface area contributed by atoms with Crippen molar-refractivity contribution in [2.24, 2.45) is 13.0 Å². The monoisotopic (exact) mass is 445 g/mol. The number of fused-ring (bicyclic) bond motifs is 1. The quantitative estimate of drug-likeness (QED) is 0.647. The molecule has 2 heterocycles. The summed E-state index contributed by atoms with van der Waals surface area (Å²) in [6.07, 6.45) is 2.41. The number of hydrogen-bond donors (Lipinski definition) is 1. The maximum Gasteiger partial charge on any atom is 0.307 e. The highest BCUT2D eigenvalue weighted by Crippen LogP contribution is 2.26. The maximum atomic E-state index is 12.9. The molecule has 1 saturated heterocycles. The number of thiazole rings is 1. The summed E-state index contributed by atoms with van der Waals surface area (Å²) in [6, 6.07) is 12.6. The van der Waals surface area contributed by atoms with Gasteiger partial charge in [-0.05, 0) is 61.6 Å². The van der Waals surface area contributed by atoms with Crippen molar-refractivity contribution >= 4 is 37.3 Å². The minimum absolute atomic E-state index is 0.107. The van der Waals surface area contributed by atoms with Crippen molar-refractivity contribution in [3.05, 3.63) is 57.7 Å². The van der Waals surface area contributed by atoms with Gasteiger partial charge in [0.2, 0.25) is 10.0 Å². The second-order valence-electron chi connectivity index (χ2n) is 8.16. The first kappa shape index (κ1) is 21.1. The SMILES string of the molecule is CC1CCN(c2ccc([C@H](C)NS(=O)(=O)c3ccc4c(c3)sc(=O)n4C)cc2)CC1. The minimum Gasteiger partial charge on any atom is -0.372 e. The molecular weight excluding hydrogens is 418 g/mol. The van der Waals surface area contributed by atoms with E-state index >= 15 is 0 Å². The molecule has 0 spiro atoms. The van der Waals surface area contributed by atoms with Crippen molar-refractivity contribution in [2.75, 3.05) is 18.0 Å². The van der Waals surface area contributed by atoms with Crippen LogP contribution in [0.3, 0.4) is 0 Å². The molecule has 6 nitrogen and oxygen atoms in total. The summed E-state index contributed by atoms with van der Waals surface area (Å²) in [7, 11) is -2.02. The molecule has 0 bridgehead atoms. The number of hydrogen-bond acceptors (Lipinski definition) is 5. The van der Waals surface area contributed by atoms with E-state index in [1.807, 2.05) is 19.1 Å². The van der Waals surface area contributed by atoms with Crippen molar-refractivity contribution in [3.63, 3.8) is 0 Å². The topological polar surface area (TPSA) is 71.4 Å². The molecule has 1 atom stereocenters. The van der Waals surface area contributed by atoms with Gasteiger partial charge in [0.25, 0.3) is 0 Å². The maximum absolute atomic E-state index is 12.9. The van der Waals surface area contributed by atoms with Gasteiger partial charge >= 0.3 is 4.87 Å². The standard InChI is InChI=1S/C22H27N3O3S2/c1-15-10-12-25(13-11-15)18-6-4-17(5-7-18)16(2)23-30(27,28)19-8-9-20-21(14-19)29-22(26)24(20)3/h4-9,14-16,23H,10-13H2,1-3H3/t16-/m0/s1. The Balaban J connectivity index is 1.50. The first-order valence-corrected chi connectivity index (χ1v) is 12.5. The zero-order valence-electron chi connectivity index (χ0n) is 17.5. The Bertz CT molecular complexity index is 1200. The van der Waals surface area contributed by atoms with Crippen molar-refractivity contribution in [3.8, 4) is 0 Å². The molecule has 2 aromatic carbocycles. The van der Waals surface area contributed by atoms with E-state index in [2.05, 4.69) is 28.7 Å². The van der Waals surface area contributed by atoms with E-state index in [0.29, 0.717) is 4.70 Å². The molecule has 1 aromatic heterocycles. The largest absolute Gasteiger partial charge is 0.372 e. The highest BCUT2D eigenvalue weighted by molar-refractivity contribution is 7.89. The molecule has 0 saturated carbocycles. The molecule has 30 heavy (non-hydrogen) atoms. The Morgan fingerprint density at radius 1 is 1.10 bits per heavy atom. The van der Waals surface area contributed by atoms with Crippen LogP contribution in [0.1, 0.15) is 38.3 Å². The van der Waals surface area contributed by atoms with Crippen LogP contribution < -0.4 is 14.5 Å². The Hall–Kier alpha value is -2.16. The van der Waals surface area contributed by atoms with Gasteiger partial charge in [-0.15, -0.1) is 0 Å². The van der Waals surface area contributed by atoms with Crippen molar-refractivity contribution in [1.82, 2.24) is 9.29 Å². The summed E-state index contributed by atoms with van der Waals surface area (Å²) in [6.45, 7) is 6.27. The highest BCUT2D eigenvalue weighted by Gasteiger charge is 2.21. The Morgan fingerprint density at radius 3 is 2.43 bits per heavy atom. The van der Waals surface area contributed by atoms with Gasteiger partial charge in [0.05, 0.1) is 15.1 Å².